The molecular formula is C12H17N3O. The molecule has 1 fully saturated rings. The molecule has 86 valence electrons. The van der Waals surface area contributed by atoms with Crippen molar-refractivity contribution in [3.8, 4) is 0 Å². The lowest BCUT2D eigenvalue weighted by atomic mass is 10.1. The molecule has 4 nitrogen and oxygen atoms in total. The van der Waals surface area contributed by atoms with Crippen LogP contribution in [-0.4, -0.2) is 16.9 Å². The lowest BCUT2D eigenvalue weighted by Gasteiger charge is -2.11. The molecule has 4 heteroatoms. The van der Waals surface area contributed by atoms with Crippen molar-refractivity contribution < 1.29 is 4.79 Å². The lowest BCUT2D eigenvalue weighted by molar-refractivity contribution is -0.119. The van der Waals surface area contributed by atoms with Gasteiger partial charge in [0.2, 0.25) is 5.91 Å². The number of nitrogens with two attached hydrogens (primary N) is 1. The van der Waals surface area contributed by atoms with Crippen LogP contribution in [0.4, 0.5) is 5.69 Å². The van der Waals surface area contributed by atoms with E-state index < -0.39 is 0 Å². The summed E-state index contributed by atoms with van der Waals surface area (Å²) < 4.78 is 0. The number of aryl methyl sites for hydroxylation is 1. The van der Waals surface area contributed by atoms with Gasteiger partial charge in [0.05, 0.1) is 11.9 Å². The predicted octanol–water partition coefficient (Wildman–Crippen LogP) is 1.46. The Hall–Kier alpha value is -1.42. The van der Waals surface area contributed by atoms with Crippen molar-refractivity contribution in [2.75, 3.05) is 5.32 Å². The highest BCUT2D eigenvalue weighted by molar-refractivity contribution is 5.93. The van der Waals surface area contributed by atoms with Crippen LogP contribution in [0.2, 0.25) is 0 Å². The maximum absolute atomic E-state index is 11.9. The average Bonchev–Trinajstić information content (AvgIpc) is 2.68. The maximum Gasteiger partial charge on any atom is 0.227 e. The number of pyridine rings is 1. The lowest BCUT2D eigenvalue weighted by Crippen LogP contribution is -2.23. The standard InChI is InChI=1S/C12H17N3O/c1-8-4-5-14-7-11(8)15-12(16)9-2-3-10(13)6-9/h4-5,7,9-10H,2-3,6,13H2,1H3,(H,15,16). The number of rotatable bonds is 2. The summed E-state index contributed by atoms with van der Waals surface area (Å²) in [5, 5.41) is 2.92. The third-order valence-electron chi connectivity index (χ3n) is 3.14. The van der Waals surface area contributed by atoms with Crippen molar-refractivity contribution in [1.29, 1.82) is 0 Å². The summed E-state index contributed by atoms with van der Waals surface area (Å²) in [5.74, 6) is 0.138. The third-order valence-corrected chi connectivity index (χ3v) is 3.14. The maximum atomic E-state index is 11.9. The highest BCUT2D eigenvalue weighted by Crippen LogP contribution is 2.25. The zero-order valence-corrected chi connectivity index (χ0v) is 9.44. The second kappa shape index (κ2) is 4.61. The fraction of sp³-hybridized carbons (Fsp3) is 0.500. The topological polar surface area (TPSA) is 68.0 Å². The zero-order chi connectivity index (χ0) is 11.5. The summed E-state index contributed by atoms with van der Waals surface area (Å²) in [7, 11) is 0. The van der Waals surface area contributed by atoms with Crippen molar-refractivity contribution in [3.63, 3.8) is 0 Å². The smallest absolute Gasteiger partial charge is 0.227 e. The van der Waals surface area contributed by atoms with Gasteiger partial charge in [-0.25, -0.2) is 0 Å². The Morgan fingerprint density at radius 2 is 2.38 bits per heavy atom. The van der Waals surface area contributed by atoms with Crippen LogP contribution in [0, 0.1) is 12.8 Å². The Kier molecular flexibility index (Phi) is 3.19. The van der Waals surface area contributed by atoms with Gasteiger partial charge in [-0.15, -0.1) is 0 Å². The fourth-order valence-corrected chi connectivity index (χ4v) is 2.08. The zero-order valence-electron chi connectivity index (χ0n) is 9.44. The van der Waals surface area contributed by atoms with Crippen molar-refractivity contribution >= 4 is 11.6 Å². The van der Waals surface area contributed by atoms with E-state index in [1.165, 1.54) is 0 Å². The summed E-state index contributed by atoms with van der Waals surface area (Å²) in [6.07, 6.45) is 6.04. The summed E-state index contributed by atoms with van der Waals surface area (Å²) in [6.45, 7) is 1.96. The van der Waals surface area contributed by atoms with Crippen molar-refractivity contribution in [2.24, 2.45) is 11.7 Å². The van der Waals surface area contributed by atoms with Gasteiger partial charge < -0.3 is 11.1 Å². The summed E-state index contributed by atoms with van der Waals surface area (Å²) in [6, 6.07) is 2.07. The van der Waals surface area contributed by atoms with E-state index in [4.69, 9.17) is 5.73 Å². The number of nitrogens with zero attached hydrogens (tertiary/aromatic N) is 1. The predicted molar refractivity (Wildman–Crippen MR) is 62.9 cm³/mol. The largest absolute Gasteiger partial charge is 0.328 e. The highest BCUT2D eigenvalue weighted by Gasteiger charge is 2.27. The number of hydrogen-bond acceptors (Lipinski definition) is 3. The molecule has 2 atom stereocenters. The fourth-order valence-electron chi connectivity index (χ4n) is 2.08. The van der Waals surface area contributed by atoms with E-state index in [1.54, 1.807) is 12.4 Å². The van der Waals surface area contributed by atoms with Crippen LogP contribution in [0.1, 0.15) is 24.8 Å². The van der Waals surface area contributed by atoms with Crippen LogP contribution in [0.15, 0.2) is 18.5 Å². The van der Waals surface area contributed by atoms with Gasteiger partial charge in [-0.2, -0.15) is 0 Å². The van der Waals surface area contributed by atoms with Gasteiger partial charge in [0, 0.05) is 18.2 Å². The molecule has 0 aliphatic heterocycles. The van der Waals surface area contributed by atoms with E-state index in [0.717, 1.165) is 30.5 Å². The van der Waals surface area contributed by atoms with Gasteiger partial charge >= 0.3 is 0 Å². The Morgan fingerprint density at radius 1 is 1.56 bits per heavy atom. The Balaban J connectivity index is 2.00. The van der Waals surface area contributed by atoms with Crippen LogP contribution in [-0.2, 0) is 4.79 Å². The van der Waals surface area contributed by atoms with Crippen molar-refractivity contribution in [2.45, 2.75) is 32.2 Å². The molecule has 1 heterocycles. The Labute approximate surface area is 95.3 Å². The number of nitrogens with one attached hydrogen (secondary N) is 1. The molecule has 3 N–H and O–H groups in total. The minimum atomic E-state index is 0.0645. The normalized spacial score (nSPS) is 24.4. The first-order valence-corrected chi connectivity index (χ1v) is 5.64. The molecule has 1 aromatic rings. The van der Waals surface area contributed by atoms with Gasteiger partial charge in [-0.3, -0.25) is 9.78 Å². The van der Waals surface area contributed by atoms with Crippen LogP contribution >= 0.6 is 0 Å². The molecule has 0 spiro atoms. The molecule has 2 unspecified atom stereocenters. The number of carbonyl (C=O) groups is 1. The Morgan fingerprint density at radius 3 is 3.00 bits per heavy atom. The van der Waals surface area contributed by atoms with Gasteiger partial charge in [0.15, 0.2) is 0 Å². The van der Waals surface area contributed by atoms with E-state index in [1.807, 2.05) is 13.0 Å². The van der Waals surface area contributed by atoms with Gasteiger partial charge in [-0.05, 0) is 37.8 Å². The highest BCUT2D eigenvalue weighted by atomic mass is 16.1. The number of hydrogen-bond donors (Lipinski definition) is 2. The van der Waals surface area contributed by atoms with Gasteiger partial charge in [-0.1, -0.05) is 0 Å². The minimum Gasteiger partial charge on any atom is -0.328 e. The van der Waals surface area contributed by atoms with Crippen LogP contribution in [0.3, 0.4) is 0 Å². The molecule has 1 aliphatic rings. The first kappa shape index (κ1) is 11.1. The molecule has 0 radical (unpaired) electrons. The molecule has 1 aliphatic carbocycles. The van der Waals surface area contributed by atoms with E-state index in [-0.39, 0.29) is 17.9 Å². The van der Waals surface area contributed by atoms with Crippen molar-refractivity contribution in [1.82, 2.24) is 4.98 Å². The molecule has 16 heavy (non-hydrogen) atoms. The summed E-state index contributed by atoms with van der Waals surface area (Å²) in [5.41, 5.74) is 7.63. The first-order chi connectivity index (χ1) is 7.66. The third kappa shape index (κ3) is 2.39. The quantitative estimate of drug-likeness (QED) is 0.791. The van der Waals surface area contributed by atoms with E-state index in [9.17, 15) is 4.79 Å². The van der Waals surface area contributed by atoms with Gasteiger partial charge in [0.1, 0.15) is 0 Å². The summed E-state index contributed by atoms with van der Waals surface area (Å²) in [4.78, 5) is 15.9. The molecule has 1 aromatic heterocycles. The van der Waals surface area contributed by atoms with Crippen LogP contribution in [0.25, 0.3) is 0 Å². The number of amides is 1. The van der Waals surface area contributed by atoms with Crippen LogP contribution in [0.5, 0.6) is 0 Å². The van der Waals surface area contributed by atoms with Crippen LogP contribution < -0.4 is 11.1 Å². The number of anilines is 1. The Bertz CT molecular complexity index is 392. The number of carbonyl (C=O) groups excluding carboxylic acids is 1. The molecule has 1 saturated carbocycles. The molecular weight excluding hydrogens is 202 g/mol. The molecule has 1 amide bonds. The first-order valence-electron chi connectivity index (χ1n) is 5.64. The molecule has 0 aromatic carbocycles. The van der Waals surface area contributed by atoms with E-state index in [2.05, 4.69) is 10.3 Å². The van der Waals surface area contributed by atoms with Crippen molar-refractivity contribution in [3.05, 3.63) is 24.0 Å². The van der Waals surface area contributed by atoms with E-state index in [0.29, 0.717) is 0 Å². The minimum absolute atomic E-state index is 0.0645. The molecule has 0 saturated heterocycles. The summed E-state index contributed by atoms with van der Waals surface area (Å²) >= 11 is 0. The van der Waals surface area contributed by atoms with E-state index >= 15 is 0 Å². The monoisotopic (exact) mass is 219 g/mol. The second-order valence-electron chi connectivity index (χ2n) is 4.45. The SMILES string of the molecule is Cc1ccncc1NC(=O)C1CCC(N)C1. The number of aromatic nitrogens is 1. The molecule has 2 rings (SSSR count). The van der Waals surface area contributed by atoms with Gasteiger partial charge in [0.25, 0.3) is 0 Å². The molecule has 0 bridgehead atoms. The average molecular weight is 219 g/mol. The second-order valence-corrected chi connectivity index (χ2v) is 4.45.